The number of amides is 2. The van der Waals surface area contributed by atoms with Crippen molar-refractivity contribution in [1.82, 2.24) is 14.9 Å². The van der Waals surface area contributed by atoms with E-state index in [1.54, 1.807) is 18.2 Å². The molecule has 0 saturated heterocycles. The van der Waals surface area contributed by atoms with E-state index >= 15 is 0 Å². The summed E-state index contributed by atoms with van der Waals surface area (Å²) in [6.45, 7) is 1.87. The third kappa shape index (κ3) is 3.11. The van der Waals surface area contributed by atoms with Gasteiger partial charge in [-0.25, -0.2) is 8.42 Å². The highest BCUT2D eigenvalue weighted by molar-refractivity contribution is 7.89. The number of fused-ring (bicyclic) bond motifs is 1. The number of rotatable bonds is 4. The Bertz CT molecular complexity index is 740. The summed E-state index contributed by atoms with van der Waals surface area (Å²) in [6.07, 6.45) is 1.53. The molecule has 0 radical (unpaired) electrons. The van der Waals surface area contributed by atoms with E-state index < -0.39 is 15.9 Å². The Labute approximate surface area is 129 Å². The molecular formula is C14H17N3O4S. The van der Waals surface area contributed by atoms with Crippen LogP contribution in [0.15, 0.2) is 34.9 Å². The molecule has 0 unspecified atom stereocenters. The van der Waals surface area contributed by atoms with Gasteiger partial charge in [0.05, 0.1) is 4.90 Å². The van der Waals surface area contributed by atoms with Crippen molar-refractivity contribution in [3.63, 3.8) is 0 Å². The first kappa shape index (κ1) is 16.0. The normalized spacial score (nSPS) is 15.5. The number of hydrogen-bond acceptors (Lipinski definition) is 4. The predicted octanol–water partition coefficient (Wildman–Crippen LogP) is -0.0861. The first-order valence-electron chi connectivity index (χ1n) is 6.66. The lowest BCUT2D eigenvalue weighted by atomic mass is 10.2. The molecule has 118 valence electrons. The zero-order valence-electron chi connectivity index (χ0n) is 12.3. The van der Waals surface area contributed by atoms with Gasteiger partial charge in [-0.1, -0.05) is 18.2 Å². The third-order valence-corrected chi connectivity index (χ3v) is 5.05. The molecule has 1 aliphatic heterocycles. The van der Waals surface area contributed by atoms with E-state index in [0.717, 1.165) is 4.31 Å². The summed E-state index contributed by atoms with van der Waals surface area (Å²) >= 11 is 0. The van der Waals surface area contributed by atoms with Gasteiger partial charge < -0.3 is 10.6 Å². The lowest BCUT2D eigenvalue weighted by Gasteiger charge is -2.26. The monoisotopic (exact) mass is 323 g/mol. The minimum absolute atomic E-state index is 0.0431. The second-order valence-electron chi connectivity index (χ2n) is 4.78. The van der Waals surface area contributed by atoms with Gasteiger partial charge in [0.25, 0.3) is 15.9 Å². The largest absolute Gasteiger partial charge is 0.355 e. The van der Waals surface area contributed by atoms with Crippen LogP contribution in [0.5, 0.6) is 0 Å². The van der Waals surface area contributed by atoms with Gasteiger partial charge in [-0.15, -0.1) is 0 Å². The van der Waals surface area contributed by atoms with E-state index in [0.29, 0.717) is 5.56 Å². The zero-order valence-corrected chi connectivity index (χ0v) is 13.1. The van der Waals surface area contributed by atoms with E-state index in [4.69, 9.17) is 0 Å². The highest BCUT2D eigenvalue weighted by Gasteiger charge is 2.32. The van der Waals surface area contributed by atoms with Crippen molar-refractivity contribution >= 4 is 27.9 Å². The van der Waals surface area contributed by atoms with Crippen molar-refractivity contribution in [1.29, 1.82) is 0 Å². The smallest absolute Gasteiger partial charge is 0.268 e. The Balaban J connectivity index is 2.19. The number of sulfonamides is 1. The summed E-state index contributed by atoms with van der Waals surface area (Å²) in [6, 6.07) is 6.49. The molecule has 1 aliphatic rings. The molecule has 2 N–H and O–H groups in total. The number of benzene rings is 1. The molecular weight excluding hydrogens is 306 g/mol. The SMILES string of the molecule is CC(=O)NCCNC(=O)C1=Cc2ccccc2S(=O)(=O)N1C. The van der Waals surface area contributed by atoms with Crippen LogP contribution in [0.25, 0.3) is 6.08 Å². The molecule has 1 aromatic carbocycles. The molecule has 0 bridgehead atoms. The van der Waals surface area contributed by atoms with Crippen LogP contribution in [0, 0.1) is 0 Å². The maximum atomic E-state index is 12.4. The Morgan fingerprint density at radius 1 is 1.14 bits per heavy atom. The van der Waals surface area contributed by atoms with Gasteiger partial charge in [0.1, 0.15) is 5.70 Å². The Morgan fingerprint density at radius 3 is 2.45 bits per heavy atom. The number of nitrogens with zero attached hydrogens (tertiary/aromatic N) is 1. The van der Waals surface area contributed by atoms with Crippen molar-refractivity contribution in [2.24, 2.45) is 0 Å². The molecule has 2 rings (SSSR count). The lowest BCUT2D eigenvalue weighted by Crippen LogP contribution is -2.40. The first-order chi connectivity index (χ1) is 10.3. The van der Waals surface area contributed by atoms with E-state index in [9.17, 15) is 18.0 Å². The summed E-state index contributed by atoms with van der Waals surface area (Å²) in [4.78, 5) is 23.1. The minimum Gasteiger partial charge on any atom is -0.355 e. The summed E-state index contributed by atoms with van der Waals surface area (Å²) in [5.74, 6) is -0.703. The maximum absolute atomic E-state index is 12.4. The van der Waals surface area contributed by atoms with Gasteiger partial charge in [-0.3, -0.25) is 13.9 Å². The summed E-state index contributed by atoms with van der Waals surface area (Å²) in [7, 11) is -2.39. The van der Waals surface area contributed by atoms with Crippen molar-refractivity contribution in [3.8, 4) is 0 Å². The molecule has 0 saturated carbocycles. The number of likely N-dealkylation sites (N-methyl/N-ethyl adjacent to an activating group) is 1. The summed E-state index contributed by atoms with van der Waals surface area (Å²) < 4.78 is 25.7. The van der Waals surface area contributed by atoms with Gasteiger partial charge >= 0.3 is 0 Å². The van der Waals surface area contributed by atoms with Crippen LogP contribution in [0.1, 0.15) is 12.5 Å². The third-order valence-electron chi connectivity index (χ3n) is 3.21. The Morgan fingerprint density at radius 2 is 1.77 bits per heavy atom. The molecule has 0 fully saturated rings. The van der Waals surface area contributed by atoms with Crippen LogP contribution in [-0.2, 0) is 19.6 Å². The Hall–Kier alpha value is -2.35. The number of hydrogen-bond donors (Lipinski definition) is 2. The van der Waals surface area contributed by atoms with E-state index in [1.165, 1.54) is 26.1 Å². The van der Waals surface area contributed by atoms with Crippen molar-refractivity contribution in [2.75, 3.05) is 20.1 Å². The van der Waals surface area contributed by atoms with E-state index in [-0.39, 0.29) is 29.6 Å². The first-order valence-corrected chi connectivity index (χ1v) is 8.10. The minimum atomic E-state index is -3.72. The zero-order chi connectivity index (χ0) is 16.3. The number of nitrogens with one attached hydrogen (secondary N) is 2. The van der Waals surface area contributed by atoms with Crippen molar-refractivity contribution < 1.29 is 18.0 Å². The molecule has 8 heteroatoms. The van der Waals surface area contributed by atoms with Crippen LogP contribution < -0.4 is 10.6 Å². The van der Waals surface area contributed by atoms with Crippen LogP contribution >= 0.6 is 0 Å². The van der Waals surface area contributed by atoms with Crippen LogP contribution in [0.3, 0.4) is 0 Å². The molecule has 2 amide bonds. The average Bonchev–Trinajstić information content (AvgIpc) is 2.47. The number of carbonyl (C=O) groups is 2. The quantitative estimate of drug-likeness (QED) is 0.757. The summed E-state index contributed by atoms with van der Waals surface area (Å²) in [5, 5.41) is 5.12. The van der Waals surface area contributed by atoms with Crippen LogP contribution in [-0.4, -0.2) is 44.7 Å². The van der Waals surface area contributed by atoms with E-state index in [1.807, 2.05) is 0 Å². The van der Waals surface area contributed by atoms with E-state index in [2.05, 4.69) is 10.6 Å². The van der Waals surface area contributed by atoms with Crippen LogP contribution in [0.2, 0.25) is 0 Å². The predicted molar refractivity (Wildman–Crippen MR) is 81.1 cm³/mol. The lowest BCUT2D eigenvalue weighted by molar-refractivity contribution is -0.120. The maximum Gasteiger partial charge on any atom is 0.268 e. The van der Waals surface area contributed by atoms with Crippen LogP contribution in [0.4, 0.5) is 0 Å². The fourth-order valence-electron chi connectivity index (χ4n) is 2.06. The summed E-state index contributed by atoms with van der Waals surface area (Å²) in [5.41, 5.74) is 0.522. The second-order valence-corrected chi connectivity index (χ2v) is 6.72. The van der Waals surface area contributed by atoms with Gasteiger partial charge in [-0.2, -0.15) is 0 Å². The molecule has 1 heterocycles. The fraction of sp³-hybridized carbons (Fsp3) is 0.286. The van der Waals surface area contributed by atoms with Crippen molar-refractivity contribution in [2.45, 2.75) is 11.8 Å². The molecule has 0 aliphatic carbocycles. The molecule has 0 atom stereocenters. The molecule has 0 spiro atoms. The average molecular weight is 323 g/mol. The van der Waals surface area contributed by atoms with Gasteiger partial charge in [-0.05, 0) is 17.7 Å². The standard InChI is InChI=1S/C14H17N3O4S/c1-10(18)15-7-8-16-14(19)12-9-11-5-3-4-6-13(11)22(20,21)17(12)2/h3-6,9H,7-8H2,1-2H3,(H,15,18)(H,16,19). The fourth-order valence-corrected chi connectivity index (χ4v) is 3.43. The second kappa shape index (κ2) is 6.18. The van der Waals surface area contributed by atoms with Crippen molar-refractivity contribution in [3.05, 3.63) is 35.5 Å². The topological polar surface area (TPSA) is 95.6 Å². The highest BCUT2D eigenvalue weighted by atomic mass is 32.2. The Kier molecular flexibility index (Phi) is 4.51. The van der Waals surface area contributed by atoms with Gasteiger partial charge in [0.15, 0.2) is 0 Å². The molecule has 1 aromatic rings. The molecule has 22 heavy (non-hydrogen) atoms. The molecule has 7 nitrogen and oxygen atoms in total. The van der Waals surface area contributed by atoms with Gasteiger partial charge in [0.2, 0.25) is 5.91 Å². The number of carbonyl (C=O) groups excluding carboxylic acids is 2. The van der Waals surface area contributed by atoms with Gasteiger partial charge in [0, 0.05) is 27.1 Å². The molecule has 0 aromatic heterocycles. The highest BCUT2D eigenvalue weighted by Crippen LogP contribution is 2.29.